The minimum absolute atomic E-state index is 0.128. The molecule has 0 aliphatic carbocycles. The highest BCUT2D eigenvalue weighted by molar-refractivity contribution is 7.99. The maximum Gasteiger partial charge on any atom is 0.127 e. The van der Waals surface area contributed by atoms with Crippen molar-refractivity contribution < 1.29 is 4.39 Å². The molecule has 1 unspecified atom stereocenters. The predicted octanol–water partition coefficient (Wildman–Crippen LogP) is 3.69. The zero-order valence-corrected chi connectivity index (χ0v) is 9.04. The van der Waals surface area contributed by atoms with Gasteiger partial charge >= 0.3 is 0 Å². The first-order valence-corrected chi connectivity index (χ1v) is 5.73. The topological polar surface area (TPSA) is 0 Å². The van der Waals surface area contributed by atoms with Crippen molar-refractivity contribution in [1.29, 1.82) is 0 Å². The van der Waals surface area contributed by atoms with E-state index in [4.69, 9.17) is 11.6 Å². The van der Waals surface area contributed by atoms with E-state index in [0.717, 1.165) is 5.56 Å². The van der Waals surface area contributed by atoms with Crippen molar-refractivity contribution >= 4 is 23.4 Å². The van der Waals surface area contributed by atoms with Gasteiger partial charge in [-0.25, -0.2) is 4.39 Å². The fourth-order valence-electron chi connectivity index (χ4n) is 0.892. The highest BCUT2D eigenvalue weighted by Crippen LogP contribution is 2.20. The third kappa shape index (κ3) is 3.57. The zero-order valence-electron chi connectivity index (χ0n) is 7.47. The molecule has 1 aromatic rings. The van der Waals surface area contributed by atoms with Gasteiger partial charge in [-0.15, -0.1) is 11.6 Å². The molecule has 72 valence electrons. The lowest BCUT2D eigenvalue weighted by Crippen LogP contribution is -1.98. The average Bonchev–Trinajstić information content (AvgIpc) is 2.16. The Labute approximate surface area is 87.5 Å². The van der Waals surface area contributed by atoms with Crippen LogP contribution in [0.1, 0.15) is 12.5 Å². The Bertz CT molecular complexity index is 265. The van der Waals surface area contributed by atoms with Crippen LogP contribution >= 0.6 is 23.4 Å². The van der Waals surface area contributed by atoms with Crippen LogP contribution in [0.25, 0.3) is 0 Å². The molecular weight excluding hydrogens is 207 g/mol. The van der Waals surface area contributed by atoms with E-state index in [9.17, 15) is 4.39 Å². The van der Waals surface area contributed by atoms with Crippen LogP contribution in [-0.4, -0.2) is 11.1 Å². The Kier molecular flexibility index (Phi) is 4.60. The largest absolute Gasteiger partial charge is 0.207 e. The van der Waals surface area contributed by atoms with Gasteiger partial charge in [-0.3, -0.25) is 0 Å². The molecule has 0 radical (unpaired) electrons. The van der Waals surface area contributed by atoms with Gasteiger partial charge in [0.05, 0.1) is 0 Å². The smallest absolute Gasteiger partial charge is 0.127 e. The lowest BCUT2D eigenvalue weighted by Gasteiger charge is -2.07. The Hall–Kier alpha value is -0.210. The van der Waals surface area contributed by atoms with Gasteiger partial charge in [0.2, 0.25) is 0 Å². The third-order valence-corrected chi connectivity index (χ3v) is 3.56. The van der Waals surface area contributed by atoms with Crippen molar-refractivity contribution in [3.05, 3.63) is 35.6 Å². The summed E-state index contributed by atoms with van der Waals surface area (Å²) in [5.41, 5.74) is 0.754. The van der Waals surface area contributed by atoms with E-state index < -0.39 is 0 Å². The molecule has 0 spiro atoms. The Morgan fingerprint density at radius 3 is 2.77 bits per heavy atom. The summed E-state index contributed by atoms with van der Waals surface area (Å²) in [5, 5.41) is 0.376. The number of hydrogen-bond donors (Lipinski definition) is 0. The maximum absolute atomic E-state index is 13.1. The van der Waals surface area contributed by atoms with Gasteiger partial charge in [0.15, 0.2) is 0 Å². The second-order valence-electron chi connectivity index (χ2n) is 2.87. The number of alkyl halides is 1. The van der Waals surface area contributed by atoms with E-state index in [-0.39, 0.29) is 5.82 Å². The molecular formula is C10H12ClFS. The van der Waals surface area contributed by atoms with E-state index >= 15 is 0 Å². The van der Waals surface area contributed by atoms with Crippen molar-refractivity contribution in [1.82, 2.24) is 0 Å². The number of thioether (sulfide) groups is 1. The third-order valence-electron chi connectivity index (χ3n) is 1.70. The molecule has 0 saturated heterocycles. The van der Waals surface area contributed by atoms with Crippen LogP contribution in [0, 0.1) is 5.82 Å². The number of halogens is 2. The SMILES string of the molecule is CC(CCl)SCc1ccccc1F. The molecule has 3 heteroatoms. The molecule has 0 aliphatic heterocycles. The van der Waals surface area contributed by atoms with E-state index in [2.05, 4.69) is 0 Å². The summed E-state index contributed by atoms with van der Waals surface area (Å²) < 4.78 is 13.1. The van der Waals surface area contributed by atoms with Crippen molar-refractivity contribution in [2.75, 3.05) is 5.88 Å². The Balaban J connectivity index is 2.50. The number of rotatable bonds is 4. The first-order chi connectivity index (χ1) is 6.24. The molecule has 1 atom stereocenters. The second-order valence-corrected chi connectivity index (χ2v) is 4.60. The molecule has 0 aromatic heterocycles. The van der Waals surface area contributed by atoms with Crippen LogP contribution in [-0.2, 0) is 5.75 Å². The highest BCUT2D eigenvalue weighted by atomic mass is 35.5. The van der Waals surface area contributed by atoms with Gasteiger partial charge in [-0.1, -0.05) is 25.1 Å². The van der Waals surface area contributed by atoms with Crippen LogP contribution in [0.5, 0.6) is 0 Å². The van der Waals surface area contributed by atoms with E-state index in [1.54, 1.807) is 17.8 Å². The monoisotopic (exact) mass is 218 g/mol. The standard InChI is InChI=1S/C10H12ClFS/c1-8(6-11)13-7-9-4-2-3-5-10(9)12/h2-5,8H,6-7H2,1H3. The Morgan fingerprint density at radius 2 is 2.15 bits per heavy atom. The molecule has 0 nitrogen and oxygen atoms in total. The molecule has 13 heavy (non-hydrogen) atoms. The molecule has 0 fully saturated rings. The first-order valence-electron chi connectivity index (χ1n) is 4.15. The minimum atomic E-state index is -0.128. The molecule has 1 aromatic carbocycles. The van der Waals surface area contributed by atoms with Gasteiger partial charge in [0, 0.05) is 16.9 Å². The van der Waals surface area contributed by atoms with Crippen LogP contribution in [0.3, 0.4) is 0 Å². The second kappa shape index (κ2) is 5.51. The van der Waals surface area contributed by atoms with Crippen molar-refractivity contribution in [3.63, 3.8) is 0 Å². The van der Waals surface area contributed by atoms with Gasteiger partial charge in [-0.2, -0.15) is 11.8 Å². The summed E-state index contributed by atoms with van der Waals surface area (Å²) >= 11 is 7.32. The average molecular weight is 219 g/mol. The van der Waals surface area contributed by atoms with Gasteiger partial charge in [0.1, 0.15) is 5.82 Å². The van der Waals surface area contributed by atoms with E-state index in [1.165, 1.54) is 6.07 Å². The van der Waals surface area contributed by atoms with Crippen molar-refractivity contribution in [3.8, 4) is 0 Å². The quantitative estimate of drug-likeness (QED) is 0.695. The van der Waals surface area contributed by atoms with Crippen LogP contribution in [0.15, 0.2) is 24.3 Å². The number of hydrogen-bond acceptors (Lipinski definition) is 1. The molecule has 0 amide bonds. The zero-order chi connectivity index (χ0) is 9.68. The predicted molar refractivity (Wildman–Crippen MR) is 57.9 cm³/mol. The summed E-state index contributed by atoms with van der Waals surface area (Å²) in [6.45, 7) is 2.04. The molecule has 0 saturated carbocycles. The maximum atomic E-state index is 13.1. The molecule has 1 rings (SSSR count). The lowest BCUT2D eigenvalue weighted by molar-refractivity contribution is 0.617. The van der Waals surface area contributed by atoms with Crippen LogP contribution < -0.4 is 0 Å². The molecule has 0 aliphatic rings. The molecule has 0 bridgehead atoms. The van der Waals surface area contributed by atoms with Gasteiger partial charge in [0.25, 0.3) is 0 Å². The van der Waals surface area contributed by atoms with Crippen LogP contribution in [0.2, 0.25) is 0 Å². The molecule has 0 heterocycles. The summed E-state index contributed by atoms with van der Waals surface area (Å²) in [6, 6.07) is 6.85. The Morgan fingerprint density at radius 1 is 1.46 bits per heavy atom. The summed E-state index contributed by atoms with van der Waals surface area (Å²) in [5.74, 6) is 1.18. The fraction of sp³-hybridized carbons (Fsp3) is 0.400. The minimum Gasteiger partial charge on any atom is -0.207 e. The normalized spacial score (nSPS) is 12.8. The lowest BCUT2D eigenvalue weighted by atomic mass is 10.2. The summed E-state index contributed by atoms with van der Waals surface area (Å²) in [6.07, 6.45) is 0. The van der Waals surface area contributed by atoms with Crippen molar-refractivity contribution in [2.24, 2.45) is 0 Å². The number of benzene rings is 1. The van der Waals surface area contributed by atoms with E-state index in [1.807, 2.05) is 19.1 Å². The van der Waals surface area contributed by atoms with Crippen LogP contribution in [0.4, 0.5) is 4.39 Å². The highest BCUT2D eigenvalue weighted by Gasteiger charge is 2.04. The fourth-order valence-corrected chi connectivity index (χ4v) is 1.95. The summed E-state index contributed by atoms with van der Waals surface area (Å²) in [4.78, 5) is 0. The first kappa shape index (κ1) is 10.9. The van der Waals surface area contributed by atoms with Crippen molar-refractivity contribution in [2.45, 2.75) is 17.9 Å². The van der Waals surface area contributed by atoms with E-state index in [0.29, 0.717) is 16.9 Å². The molecule has 0 N–H and O–H groups in total. The summed E-state index contributed by atoms with van der Waals surface area (Å²) in [7, 11) is 0. The van der Waals surface area contributed by atoms with Gasteiger partial charge < -0.3 is 0 Å². The van der Waals surface area contributed by atoms with Gasteiger partial charge in [-0.05, 0) is 11.6 Å².